The first kappa shape index (κ1) is 19.8. The van der Waals surface area contributed by atoms with E-state index in [1.54, 1.807) is 20.3 Å². The number of ketones is 1. The lowest BCUT2D eigenvalue weighted by Crippen LogP contribution is -2.11. The first-order valence-corrected chi connectivity index (χ1v) is 9.35. The number of hydrogen-bond acceptors (Lipinski definition) is 4. The van der Waals surface area contributed by atoms with Crippen LogP contribution in [0, 0.1) is 3.57 Å². The Morgan fingerprint density at radius 2 is 1.68 bits per heavy atom. The van der Waals surface area contributed by atoms with E-state index in [-0.39, 0.29) is 5.78 Å². The van der Waals surface area contributed by atoms with Gasteiger partial charge in [0.25, 0.3) is 0 Å². The van der Waals surface area contributed by atoms with Crippen molar-refractivity contribution in [2.75, 3.05) is 28.3 Å². The number of ether oxygens (including phenoxy) is 2. The molecule has 0 N–H and O–H groups in total. The molecule has 6 heteroatoms. The third-order valence-electron chi connectivity index (χ3n) is 3.51. The summed E-state index contributed by atoms with van der Waals surface area (Å²) < 4.78 is 12.4. The highest BCUT2D eigenvalue weighted by atomic mass is 127. The van der Waals surface area contributed by atoms with Crippen molar-refractivity contribution in [2.24, 2.45) is 0 Å². The fourth-order valence-corrected chi connectivity index (χ4v) is 3.53. The summed E-state index contributed by atoms with van der Waals surface area (Å²) in [5, 5.41) is 0. The van der Waals surface area contributed by atoms with Gasteiger partial charge in [-0.1, -0.05) is 28.1 Å². The SMILES string of the molecule is COc1cc(Br)c(/C(=C\N(C)C)C(=O)c2ccccc2I)cc1OC. The van der Waals surface area contributed by atoms with Crippen molar-refractivity contribution in [1.82, 2.24) is 4.90 Å². The summed E-state index contributed by atoms with van der Waals surface area (Å²) in [7, 11) is 6.93. The number of rotatable bonds is 6. The molecule has 0 aliphatic carbocycles. The minimum absolute atomic E-state index is 0.0494. The maximum Gasteiger partial charge on any atom is 0.196 e. The molecule has 0 bridgehead atoms. The van der Waals surface area contributed by atoms with Crippen LogP contribution in [-0.2, 0) is 0 Å². The Kier molecular flexibility index (Phi) is 6.89. The van der Waals surface area contributed by atoms with Crippen molar-refractivity contribution in [3.63, 3.8) is 0 Å². The molecule has 0 spiro atoms. The number of hydrogen-bond donors (Lipinski definition) is 0. The molecule has 0 aliphatic heterocycles. The van der Waals surface area contributed by atoms with Gasteiger partial charge in [-0.3, -0.25) is 4.79 Å². The van der Waals surface area contributed by atoms with Crippen LogP contribution >= 0.6 is 38.5 Å². The molecule has 2 rings (SSSR count). The zero-order valence-electron chi connectivity index (χ0n) is 14.5. The van der Waals surface area contributed by atoms with E-state index in [4.69, 9.17) is 9.47 Å². The molecule has 132 valence electrons. The summed E-state index contributed by atoms with van der Waals surface area (Å²) in [6.07, 6.45) is 1.82. The van der Waals surface area contributed by atoms with Gasteiger partial charge in [0.1, 0.15) is 0 Å². The second kappa shape index (κ2) is 8.71. The van der Waals surface area contributed by atoms with Crippen molar-refractivity contribution >= 4 is 49.9 Å². The first-order valence-electron chi connectivity index (χ1n) is 7.48. The molecule has 2 aromatic carbocycles. The smallest absolute Gasteiger partial charge is 0.196 e. The third-order valence-corrected chi connectivity index (χ3v) is 5.11. The molecular weight excluding hydrogens is 497 g/mol. The van der Waals surface area contributed by atoms with Gasteiger partial charge in [-0.15, -0.1) is 0 Å². The monoisotopic (exact) mass is 515 g/mol. The largest absolute Gasteiger partial charge is 0.493 e. The first-order chi connectivity index (χ1) is 11.9. The summed E-state index contributed by atoms with van der Waals surface area (Å²) in [6.45, 7) is 0. The molecule has 25 heavy (non-hydrogen) atoms. The Bertz CT molecular complexity index is 818. The maximum absolute atomic E-state index is 13.2. The Morgan fingerprint density at radius 3 is 2.24 bits per heavy atom. The lowest BCUT2D eigenvalue weighted by molar-refractivity contribution is 0.105. The van der Waals surface area contributed by atoms with Crippen molar-refractivity contribution in [1.29, 1.82) is 0 Å². The van der Waals surface area contributed by atoms with Crippen LogP contribution in [0.3, 0.4) is 0 Å². The van der Waals surface area contributed by atoms with Gasteiger partial charge in [-0.05, 0) is 46.9 Å². The van der Waals surface area contributed by atoms with Crippen LogP contribution in [0.2, 0.25) is 0 Å². The molecule has 0 aromatic heterocycles. The molecule has 0 radical (unpaired) electrons. The van der Waals surface area contributed by atoms with Gasteiger partial charge in [-0.2, -0.15) is 0 Å². The Balaban J connectivity index is 2.64. The lowest BCUT2D eigenvalue weighted by atomic mass is 9.97. The topological polar surface area (TPSA) is 38.8 Å². The van der Waals surface area contributed by atoms with E-state index < -0.39 is 0 Å². The Morgan fingerprint density at radius 1 is 1.08 bits per heavy atom. The van der Waals surface area contributed by atoms with E-state index in [9.17, 15) is 4.79 Å². The van der Waals surface area contributed by atoms with Crippen LogP contribution in [0.25, 0.3) is 5.57 Å². The average Bonchev–Trinajstić information content (AvgIpc) is 2.59. The summed E-state index contributed by atoms with van der Waals surface area (Å²) in [5.74, 6) is 1.12. The predicted octanol–water partition coefficient (Wildman–Crippen LogP) is 4.86. The molecule has 0 aliphatic rings. The second-order valence-electron chi connectivity index (χ2n) is 5.50. The van der Waals surface area contributed by atoms with Gasteiger partial charge in [-0.25, -0.2) is 0 Å². The van der Waals surface area contributed by atoms with Crippen molar-refractivity contribution in [3.05, 3.63) is 61.8 Å². The van der Waals surface area contributed by atoms with Gasteiger partial charge < -0.3 is 14.4 Å². The molecule has 0 fully saturated rings. The predicted molar refractivity (Wildman–Crippen MR) is 112 cm³/mol. The van der Waals surface area contributed by atoms with Crippen LogP contribution in [0.1, 0.15) is 15.9 Å². The highest BCUT2D eigenvalue weighted by Crippen LogP contribution is 2.37. The highest BCUT2D eigenvalue weighted by Gasteiger charge is 2.21. The summed E-state index contributed by atoms with van der Waals surface area (Å²) >= 11 is 5.73. The minimum Gasteiger partial charge on any atom is -0.493 e. The summed E-state index contributed by atoms with van der Waals surface area (Å²) in [5.41, 5.74) is 1.98. The van der Waals surface area contributed by atoms with Gasteiger partial charge in [0.15, 0.2) is 17.3 Å². The van der Waals surface area contributed by atoms with Crippen molar-refractivity contribution in [2.45, 2.75) is 0 Å². The molecule has 0 saturated heterocycles. The highest BCUT2D eigenvalue weighted by molar-refractivity contribution is 14.1. The quantitative estimate of drug-likeness (QED) is 0.313. The van der Waals surface area contributed by atoms with Crippen LogP contribution in [0.4, 0.5) is 0 Å². The van der Waals surface area contributed by atoms with E-state index in [1.165, 1.54) is 0 Å². The molecule has 0 unspecified atom stereocenters. The second-order valence-corrected chi connectivity index (χ2v) is 7.52. The van der Waals surface area contributed by atoms with E-state index in [2.05, 4.69) is 38.5 Å². The van der Waals surface area contributed by atoms with Crippen LogP contribution in [0.15, 0.2) is 47.1 Å². The molecule has 0 atom stereocenters. The number of allylic oxidation sites excluding steroid dienone is 1. The Labute approximate surface area is 170 Å². The summed E-state index contributed by atoms with van der Waals surface area (Å²) in [6, 6.07) is 11.2. The zero-order valence-corrected chi connectivity index (χ0v) is 18.2. The number of carbonyl (C=O) groups excluding carboxylic acids is 1. The normalized spacial score (nSPS) is 11.2. The molecule has 0 heterocycles. The van der Waals surface area contributed by atoms with Crippen LogP contribution in [0.5, 0.6) is 11.5 Å². The molecular formula is C19H19BrINO3. The maximum atomic E-state index is 13.2. The number of benzene rings is 2. The standard InChI is InChI=1S/C19H19BrINO3/c1-22(2)11-14(19(23)12-7-5-6-8-16(12)21)13-9-17(24-3)18(25-4)10-15(13)20/h5-11H,1-4H3/b14-11+. The zero-order chi connectivity index (χ0) is 18.6. The van der Waals surface area contributed by atoms with Gasteiger partial charge in [0.2, 0.25) is 0 Å². The van der Waals surface area contributed by atoms with E-state index in [0.29, 0.717) is 22.6 Å². The van der Waals surface area contributed by atoms with E-state index in [0.717, 1.165) is 13.6 Å². The Hall–Kier alpha value is -1.54. The lowest BCUT2D eigenvalue weighted by Gasteiger charge is -2.16. The molecule has 4 nitrogen and oxygen atoms in total. The van der Waals surface area contributed by atoms with Gasteiger partial charge in [0.05, 0.1) is 14.2 Å². The van der Waals surface area contributed by atoms with Crippen LogP contribution in [-0.4, -0.2) is 39.0 Å². The molecule has 0 saturated carbocycles. The fourth-order valence-electron chi connectivity index (χ4n) is 2.36. The van der Waals surface area contributed by atoms with E-state index >= 15 is 0 Å². The number of carbonyl (C=O) groups is 1. The van der Waals surface area contributed by atoms with Gasteiger partial charge >= 0.3 is 0 Å². The molecule has 0 amide bonds. The van der Waals surface area contributed by atoms with Gasteiger partial charge in [0, 0.05) is 45.0 Å². The minimum atomic E-state index is -0.0494. The fraction of sp³-hybridized carbons (Fsp3) is 0.211. The van der Waals surface area contributed by atoms with E-state index in [1.807, 2.05) is 55.5 Å². The number of halogens is 2. The van der Waals surface area contributed by atoms with Crippen molar-refractivity contribution < 1.29 is 14.3 Å². The number of methoxy groups -OCH3 is 2. The average molecular weight is 516 g/mol. The number of Topliss-reactive ketones (excluding diaryl/α,β-unsaturated/α-hetero) is 1. The number of nitrogens with zero attached hydrogens (tertiary/aromatic N) is 1. The van der Waals surface area contributed by atoms with Crippen LogP contribution < -0.4 is 9.47 Å². The third kappa shape index (κ3) is 4.55. The van der Waals surface area contributed by atoms with Crippen molar-refractivity contribution in [3.8, 4) is 11.5 Å². The summed E-state index contributed by atoms with van der Waals surface area (Å²) in [4.78, 5) is 15.1. The molecule has 2 aromatic rings.